The second kappa shape index (κ2) is 7.16. The maximum atomic E-state index is 10.8. The molecule has 4 N–H and O–H groups in total. The maximum absolute atomic E-state index is 10.8. The zero-order valence-electron chi connectivity index (χ0n) is 15.1. The molecule has 4 aromatic carbocycles. The molecule has 0 spiro atoms. The third-order valence-corrected chi connectivity index (χ3v) is 4.94. The molecule has 0 atom stereocenters. The molecule has 0 bridgehead atoms. The first-order valence-corrected chi connectivity index (χ1v) is 9.02. The molecule has 0 fully saturated rings. The van der Waals surface area contributed by atoms with Gasteiger partial charge in [0.1, 0.15) is 23.0 Å². The molecule has 140 valence electrons. The summed E-state index contributed by atoms with van der Waals surface area (Å²) in [4.78, 5) is 0. The number of benzene rings is 4. The Balaban J connectivity index is 1.83. The molecule has 0 amide bonds. The summed E-state index contributed by atoms with van der Waals surface area (Å²) >= 11 is 0. The van der Waals surface area contributed by atoms with Crippen molar-refractivity contribution < 1.29 is 20.4 Å². The number of fused-ring (bicyclic) bond motifs is 1. The molecule has 4 heteroatoms. The lowest BCUT2D eigenvalue weighted by molar-refractivity contribution is 0.460. The predicted molar refractivity (Wildman–Crippen MR) is 109 cm³/mol. The molecule has 0 saturated carbocycles. The first-order chi connectivity index (χ1) is 13.5. The lowest BCUT2D eigenvalue weighted by Gasteiger charge is -2.15. The third kappa shape index (κ3) is 3.45. The van der Waals surface area contributed by atoms with Gasteiger partial charge in [0.25, 0.3) is 0 Å². The first kappa shape index (κ1) is 17.7. The highest BCUT2D eigenvalue weighted by molar-refractivity contribution is 5.97. The van der Waals surface area contributed by atoms with Crippen LogP contribution in [0.15, 0.2) is 72.8 Å². The summed E-state index contributed by atoms with van der Waals surface area (Å²) in [5, 5.41) is 41.4. The monoisotopic (exact) mass is 372 g/mol. The van der Waals surface area contributed by atoms with Gasteiger partial charge in [-0.15, -0.1) is 0 Å². The highest BCUT2D eigenvalue weighted by atomic mass is 16.3. The predicted octanol–water partition coefficient (Wildman–Crippen LogP) is 4.84. The van der Waals surface area contributed by atoms with Gasteiger partial charge in [-0.05, 0) is 64.4 Å². The van der Waals surface area contributed by atoms with Crippen molar-refractivity contribution in [3.8, 4) is 23.0 Å². The molecule has 0 saturated heterocycles. The fourth-order valence-corrected chi connectivity index (χ4v) is 3.52. The molecule has 4 nitrogen and oxygen atoms in total. The van der Waals surface area contributed by atoms with E-state index in [1.165, 1.54) is 0 Å². The van der Waals surface area contributed by atoms with Gasteiger partial charge >= 0.3 is 0 Å². The average molecular weight is 372 g/mol. The molecule has 0 radical (unpaired) electrons. The topological polar surface area (TPSA) is 80.9 Å². The van der Waals surface area contributed by atoms with Crippen molar-refractivity contribution in [3.05, 3.63) is 95.1 Å². The van der Waals surface area contributed by atoms with E-state index in [1.807, 2.05) is 36.4 Å². The number of hydrogen-bond acceptors (Lipinski definition) is 4. The molecule has 0 aliphatic carbocycles. The lowest BCUT2D eigenvalue weighted by atomic mass is 9.92. The zero-order valence-corrected chi connectivity index (χ0v) is 15.1. The van der Waals surface area contributed by atoms with Crippen LogP contribution < -0.4 is 0 Å². The quantitative estimate of drug-likeness (QED) is 0.413. The van der Waals surface area contributed by atoms with Gasteiger partial charge in [0.05, 0.1) is 5.39 Å². The van der Waals surface area contributed by atoms with E-state index < -0.39 is 0 Å². The van der Waals surface area contributed by atoms with Crippen LogP contribution in [0.2, 0.25) is 0 Å². The Bertz CT molecular complexity index is 1130. The molecule has 4 aromatic rings. The van der Waals surface area contributed by atoms with Gasteiger partial charge in [-0.3, -0.25) is 0 Å². The van der Waals surface area contributed by atoms with E-state index in [9.17, 15) is 20.4 Å². The standard InChI is InChI=1S/C24H20O4/c25-19-8-4-15(5-9-19)12-17-14-18(13-16-6-10-20(26)11-7-16)24(28)23-21(17)2-1-3-22(23)27/h1-11,14,25-28H,12-13H2. The van der Waals surface area contributed by atoms with Crippen molar-refractivity contribution in [1.82, 2.24) is 0 Å². The molecule has 0 heterocycles. The Morgan fingerprint density at radius 3 is 1.68 bits per heavy atom. The van der Waals surface area contributed by atoms with Crippen LogP contribution in [-0.4, -0.2) is 20.4 Å². The van der Waals surface area contributed by atoms with Crippen LogP contribution in [0.1, 0.15) is 22.3 Å². The smallest absolute Gasteiger partial charge is 0.130 e. The van der Waals surface area contributed by atoms with E-state index in [1.54, 1.807) is 36.4 Å². The molecular weight excluding hydrogens is 352 g/mol. The van der Waals surface area contributed by atoms with Crippen LogP contribution in [0.4, 0.5) is 0 Å². The van der Waals surface area contributed by atoms with Crippen LogP contribution in [0.25, 0.3) is 10.8 Å². The normalized spacial score (nSPS) is 11.0. The van der Waals surface area contributed by atoms with Crippen LogP contribution in [0.5, 0.6) is 23.0 Å². The van der Waals surface area contributed by atoms with Crippen molar-refractivity contribution in [2.24, 2.45) is 0 Å². The van der Waals surface area contributed by atoms with Crippen molar-refractivity contribution in [2.45, 2.75) is 12.8 Å². The van der Waals surface area contributed by atoms with E-state index >= 15 is 0 Å². The summed E-state index contributed by atoms with van der Waals surface area (Å²) in [6.45, 7) is 0. The largest absolute Gasteiger partial charge is 0.508 e. The number of phenols is 4. The first-order valence-electron chi connectivity index (χ1n) is 9.02. The van der Waals surface area contributed by atoms with Crippen LogP contribution >= 0.6 is 0 Å². The minimum atomic E-state index is 0.0366. The van der Waals surface area contributed by atoms with Gasteiger partial charge in [0.15, 0.2) is 0 Å². The van der Waals surface area contributed by atoms with Crippen molar-refractivity contribution in [2.75, 3.05) is 0 Å². The Labute approximate surface area is 162 Å². The third-order valence-electron chi connectivity index (χ3n) is 4.94. The van der Waals surface area contributed by atoms with Crippen LogP contribution in [0, 0.1) is 0 Å². The van der Waals surface area contributed by atoms with Crippen molar-refractivity contribution in [1.29, 1.82) is 0 Å². The second-order valence-corrected chi connectivity index (χ2v) is 6.93. The highest BCUT2D eigenvalue weighted by Crippen LogP contribution is 2.39. The van der Waals surface area contributed by atoms with E-state index in [2.05, 4.69) is 0 Å². The summed E-state index contributed by atoms with van der Waals surface area (Å²) in [7, 11) is 0. The van der Waals surface area contributed by atoms with Gasteiger partial charge in [0, 0.05) is 6.42 Å². The summed E-state index contributed by atoms with van der Waals surface area (Å²) in [5.41, 5.74) is 3.64. The number of rotatable bonds is 4. The Hall–Kier alpha value is -3.66. The van der Waals surface area contributed by atoms with Gasteiger partial charge in [-0.2, -0.15) is 0 Å². The molecule has 0 aliphatic heterocycles. The van der Waals surface area contributed by atoms with E-state index in [4.69, 9.17) is 0 Å². The number of hydrogen-bond donors (Lipinski definition) is 4. The maximum Gasteiger partial charge on any atom is 0.130 e. The van der Waals surface area contributed by atoms with Crippen molar-refractivity contribution >= 4 is 10.8 Å². The van der Waals surface area contributed by atoms with E-state index in [-0.39, 0.29) is 23.0 Å². The minimum absolute atomic E-state index is 0.0366. The van der Waals surface area contributed by atoms with E-state index in [0.29, 0.717) is 23.8 Å². The Morgan fingerprint density at radius 2 is 1.11 bits per heavy atom. The summed E-state index contributed by atoms with van der Waals surface area (Å²) in [6.07, 6.45) is 1.07. The Morgan fingerprint density at radius 1 is 0.571 bits per heavy atom. The van der Waals surface area contributed by atoms with Gasteiger partial charge in [-0.25, -0.2) is 0 Å². The lowest BCUT2D eigenvalue weighted by Crippen LogP contribution is -1.96. The number of aromatic hydroxyl groups is 4. The molecule has 0 unspecified atom stereocenters. The van der Waals surface area contributed by atoms with Crippen molar-refractivity contribution in [3.63, 3.8) is 0 Å². The molecule has 28 heavy (non-hydrogen) atoms. The number of phenolic OH excluding ortho intramolecular Hbond substituents is 4. The summed E-state index contributed by atoms with van der Waals surface area (Å²) < 4.78 is 0. The fourth-order valence-electron chi connectivity index (χ4n) is 3.52. The van der Waals surface area contributed by atoms with E-state index in [0.717, 1.165) is 22.1 Å². The van der Waals surface area contributed by atoms with Gasteiger partial charge < -0.3 is 20.4 Å². The average Bonchev–Trinajstić information content (AvgIpc) is 2.69. The fraction of sp³-hybridized carbons (Fsp3) is 0.0833. The zero-order chi connectivity index (χ0) is 19.7. The van der Waals surface area contributed by atoms with Gasteiger partial charge in [-0.1, -0.05) is 42.5 Å². The highest BCUT2D eigenvalue weighted by Gasteiger charge is 2.15. The molecular formula is C24H20O4. The molecule has 0 aromatic heterocycles. The Kier molecular flexibility index (Phi) is 4.53. The summed E-state index contributed by atoms with van der Waals surface area (Å²) in [6, 6.07) is 21.0. The molecule has 0 aliphatic rings. The van der Waals surface area contributed by atoms with Crippen LogP contribution in [0.3, 0.4) is 0 Å². The van der Waals surface area contributed by atoms with Crippen LogP contribution in [-0.2, 0) is 12.8 Å². The van der Waals surface area contributed by atoms with Gasteiger partial charge in [0.2, 0.25) is 0 Å². The SMILES string of the molecule is Oc1ccc(Cc2cc(Cc3ccc(O)cc3)c3cccc(O)c3c2O)cc1. The second-order valence-electron chi connectivity index (χ2n) is 6.93. The summed E-state index contributed by atoms with van der Waals surface area (Å²) in [5.74, 6) is 0.507. The molecule has 4 rings (SSSR count). The minimum Gasteiger partial charge on any atom is -0.508 e.